The second-order valence-corrected chi connectivity index (χ2v) is 3.40. The molecule has 2 atom stereocenters. The van der Waals surface area contributed by atoms with E-state index >= 15 is 0 Å². The van der Waals surface area contributed by atoms with E-state index in [9.17, 15) is 9.59 Å². The molecule has 0 heterocycles. The van der Waals surface area contributed by atoms with Crippen molar-refractivity contribution in [1.82, 2.24) is 4.90 Å². The van der Waals surface area contributed by atoms with Crippen molar-refractivity contribution in [2.75, 3.05) is 13.1 Å². The van der Waals surface area contributed by atoms with Crippen LogP contribution in [0.25, 0.3) is 0 Å². The zero-order chi connectivity index (χ0) is 11.3. The summed E-state index contributed by atoms with van der Waals surface area (Å²) in [6.45, 7) is 5.66. The van der Waals surface area contributed by atoms with Gasteiger partial charge in [-0.1, -0.05) is 6.92 Å². The average molecular weight is 202 g/mol. The normalized spacial score (nSPS) is 14.6. The lowest BCUT2D eigenvalue weighted by molar-refractivity contribution is -0.143. The fourth-order valence-electron chi connectivity index (χ4n) is 1.07. The van der Waals surface area contributed by atoms with Gasteiger partial charge in [0.15, 0.2) is 0 Å². The maximum absolute atomic E-state index is 11.4. The van der Waals surface area contributed by atoms with Crippen LogP contribution in [0.4, 0.5) is 0 Å². The Balaban J connectivity index is 4.29. The monoisotopic (exact) mass is 202 g/mol. The summed E-state index contributed by atoms with van der Waals surface area (Å²) in [5.74, 6) is -1.67. The average Bonchev–Trinajstić information content (AvgIpc) is 2.12. The molecule has 0 aliphatic carbocycles. The minimum absolute atomic E-state index is 0.208. The Bertz CT molecular complexity index is 216. The lowest BCUT2D eigenvalue weighted by atomic mass is 10.1. The van der Waals surface area contributed by atoms with Gasteiger partial charge in [0, 0.05) is 13.1 Å². The van der Waals surface area contributed by atoms with Crippen LogP contribution in [0.3, 0.4) is 0 Å². The van der Waals surface area contributed by atoms with E-state index in [2.05, 4.69) is 0 Å². The minimum Gasteiger partial charge on any atom is -0.481 e. The number of nitrogens with zero attached hydrogens (tertiary/aromatic N) is 1. The Hall–Kier alpha value is -1.10. The third kappa shape index (κ3) is 3.74. The number of carboxylic acid groups (broad SMARTS) is 1. The highest BCUT2D eigenvalue weighted by Gasteiger charge is 2.21. The van der Waals surface area contributed by atoms with Gasteiger partial charge in [-0.2, -0.15) is 0 Å². The number of carbonyl (C=O) groups excluding carboxylic acids is 1. The number of likely N-dealkylation sites (N-methyl/N-ethyl adjacent to an activating group) is 1. The van der Waals surface area contributed by atoms with E-state index in [0.29, 0.717) is 6.54 Å². The maximum atomic E-state index is 11.4. The SMILES string of the molecule is CCN(CC(C)C(=O)O)C(=O)[C@@H](C)N. The summed E-state index contributed by atoms with van der Waals surface area (Å²) in [5, 5.41) is 8.68. The number of hydrogen-bond donors (Lipinski definition) is 2. The van der Waals surface area contributed by atoms with E-state index in [-0.39, 0.29) is 12.5 Å². The van der Waals surface area contributed by atoms with E-state index in [4.69, 9.17) is 10.8 Å². The van der Waals surface area contributed by atoms with Crippen LogP contribution >= 0.6 is 0 Å². The highest BCUT2D eigenvalue weighted by atomic mass is 16.4. The lowest BCUT2D eigenvalue weighted by Crippen LogP contribution is -2.44. The quantitative estimate of drug-likeness (QED) is 0.652. The molecule has 14 heavy (non-hydrogen) atoms. The van der Waals surface area contributed by atoms with Gasteiger partial charge in [0.1, 0.15) is 0 Å². The molecule has 0 saturated carbocycles. The highest BCUT2D eigenvalue weighted by molar-refractivity contribution is 5.81. The number of amides is 1. The lowest BCUT2D eigenvalue weighted by Gasteiger charge is -2.24. The Morgan fingerprint density at radius 3 is 2.21 bits per heavy atom. The van der Waals surface area contributed by atoms with Gasteiger partial charge in [-0.15, -0.1) is 0 Å². The number of carbonyl (C=O) groups is 2. The van der Waals surface area contributed by atoms with Crippen LogP contribution in [0.2, 0.25) is 0 Å². The Labute approximate surface area is 83.9 Å². The third-order valence-corrected chi connectivity index (χ3v) is 2.00. The molecule has 0 aliphatic rings. The standard InChI is InChI=1S/C9H18N2O3/c1-4-11(8(12)7(3)10)5-6(2)9(13)14/h6-7H,4-5,10H2,1-3H3,(H,13,14)/t6?,7-/m1/s1. The third-order valence-electron chi connectivity index (χ3n) is 2.00. The van der Waals surface area contributed by atoms with Crippen molar-refractivity contribution in [1.29, 1.82) is 0 Å². The zero-order valence-corrected chi connectivity index (χ0v) is 8.86. The van der Waals surface area contributed by atoms with Crippen molar-refractivity contribution in [3.8, 4) is 0 Å². The number of carboxylic acids is 1. The molecule has 1 unspecified atom stereocenters. The second-order valence-electron chi connectivity index (χ2n) is 3.40. The van der Waals surface area contributed by atoms with Crippen molar-refractivity contribution in [3.63, 3.8) is 0 Å². The molecule has 0 bridgehead atoms. The summed E-state index contributed by atoms with van der Waals surface area (Å²) in [5.41, 5.74) is 5.43. The second kappa shape index (κ2) is 5.59. The van der Waals surface area contributed by atoms with Crippen molar-refractivity contribution >= 4 is 11.9 Å². The molecule has 5 heteroatoms. The molecule has 82 valence electrons. The number of hydrogen-bond acceptors (Lipinski definition) is 3. The molecule has 1 amide bonds. The van der Waals surface area contributed by atoms with Gasteiger partial charge in [-0.3, -0.25) is 9.59 Å². The predicted molar refractivity (Wildman–Crippen MR) is 52.7 cm³/mol. The first-order valence-electron chi connectivity index (χ1n) is 4.67. The van der Waals surface area contributed by atoms with Crippen molar-refractivity contribution in [2.45, 2.75) is 26.8 Å². The van der Waals surface area contributed by atoms with Crippen molar-refractivity contribution in [2.24, 2.45) is 11.7 Å². The highest BCUT2D eigenvalue weighted by Crippen LogP contribution is 2.01. The van der Waals surface area contributed by atoms with Crippen LogP contribution in [0, 0.1) is 5.92 Å². The topological polar surface area (TPSA) is 83.6 Å². The molecule has 0 saturated heterocycles. The minimum atomic E-state index is -0.902. The van der Waals surface area contributed by atoms with Crippen LogP contribution in [-0.4, -0.2) is 41.0 Å². The van der Waals surface area contributed by atoms with Gasteiger partial charge in [-0.05, 0) is 13.8 Å². The predicted octanol–water partition coefficient (Wildman–Crippen LogP) is -0.0972. The van der Waals surface area contributed by atoms with E-state index in [0.717, 1.165) is 0 Å². The van der Waals surface area contributed by atoms with Crippen LogP contribution in [0.1, 0.15) is 20.8 Å². The summed E-state index contributed by atoms with van der Waals surface area (Å²) >= 11 is 0. The Kier molecular flexibility index (Phi) is 5.15. The molecule has 0 aromatic carbocycles. The van der Waals surface area contributed by atoms with Gasteiger partial charge in [-0.25, -0.2) is 0 Å². The smallest absolute Gasteiger partial charge is 0.308 e. The van der Waals surface area contributed by atoms with E-state index in [1.165, 1.54) is 4.90 Å². The first-order valence-corrected chi connectivity index (χ1v) is 4.67. The molecule has 5 nitrogen and oxygen atoms in total. The molecular formula is C9H18N2O3. The number of rotatable bonds is 5. The zero-order valence-electron chi connectivity index (χ0n) is 8.86. The first-order chi connectivity index (χ1) is 6.40. The summed E-state index contributed by atoms with van der Waals surface area (Å²) in [7, 11) is 0. The molecule has 0 aromatic rings. The van der Waals surface area contributed by atoms with Crippen molar-refractivity contribution < 1.29 is 14.7 Å². The fraction of sp³-hybridized carbons (Fsp3) is 0.778. The summed E-state index contributed by atoms with van der Waals surface area (Å²) in [4.78, 5) is 23.5. The molecule has 0 radical (unpaired) electrons. The van der Waals surface area contributed by atoms with Gasteiger partial charge in [0.05, 0.1) is 12.0 Å². The van der Waals surface area contributed by atoms with Gasteiger partial charge < -0.3 is 15.7 Å². The fourth-order valence-corrected chi connectivity index (χ4v) is 1.07. The summed E-state index contributed by atoms with van der Waals surface area (Å²) < 4.78 is 0. The Morgan fingerprint density at radius 1 is 1.43 bits per heavy atom. The van der Waals surface area contributed by atoms with Crippen LogP contribution in [-0.2, 0) is 9.59 Å². The van der Waals surface area contributed by atoms with Gasteiger partial charge >= 0.3 is 5.97 Å². The van der Waals surface area contributed by atoms with Gasteiger partial charge in [0.25, 0.3) is 0 Å². The molecule has 0 aromatic heterocycles. The summed E-state index contributed by atoms with van der Waals surface area (Å²) in [6.07, 6.45) is 0. The molecule has 0 aliphatic heterocycles. The molecular weight excluding hydrogens is 184 g/mol. The largest absolute Gasteiger partial charge is 0.481 e. The first kappa shape index (κ1) is 12.9. The summed E-state index contributed by atoms with van der Waals surface area (Å²) in [6, 6.07) is -0.573. The van der Waals surface area contributed by atoms with Crippen molar-refractivity contribution in [3.05, 3.63) is 0 Å². The van der Waals surface area contributed by atoms with E-state index in [1.54, 1.807) is 20.8 Å². The van der Waals surface area contributed by atoms with Gasteiger partial charge in [0.2, 0.25) is 5.91 Å². The van der Waals surface area contributed by atoms with Crippen LogP contribution in [0.15, 0.2) is 0 Å². The maximum Gasteiger partial charge on any atom is 0.308 e. The van der Waals surface area contributed by atoms with Crippen LogP contribution in [0.5, 0.6) is 0 Å². The molecule has 0 rings (SSSR count). The molecule has 0 fully saturated rings. The van der Waals surface area contributed by atoms with Crippen LogP contribution < -0.4 is 5.73 Å². The molecule has 3 N–H and O–H groups in total. The number of nitrogens with two attached hydrogens (primary N) is 1. The van der Waals surface area contributed by atoms with E-state index in [1.807, 2.05) is 0 Å². The molecule has 0 spiro atoms. The Morgan fingerprint density at radius 2 is 1.93 bits per heavy atom. The number of aliphatic carboxylic acids is 1. The van der Waals surface area contributed by atoms with E-state index < -0.39 is 17.9 Å².